The predicted molar refractivity (Wildman–Crippen MR) is 53.1 cm³/mol. The van der Waals surface area contributed by atoms with Crippen molar-refractivity contribution in [1.29, 1.82) is 0 Å². The number of carbonyl (C=O) groups excluding carboxylic acids is 2. The Labute approximate surface area is 88.5 Å². The molecule has 0 spiro atoms. The largest absolute Gasteiger partial charge is 0.481 e. The number of rotatable bonds is 4. The van der Waals surface area contributed by atoms with Crippen LogP contribution in [0.4, 0.5) is 0 Å². The number of carbonyl (C=O) groups is 3. The summed E-state index contributed by atoms with van der Waals surface area (Å²) in [5, 5.41) is 8.60. The summed E-state index contributed by atoms with van der Waals surface area (Å²) in [5.41, 5.74) is 0. The Bertz CT molecular complexity index is 275. The lowest BCUT2D eigenvalue weighted by Crippen LogP contribution is -2.41. The van der Waals surface area contributed by atoms with Crippen molar-refractivity contribution in [2.24, 2.45) is 5.92 Å². The average Bonchev–Trinajstić information content (AvgIpc) is 2.14. The van der Waals surface area contributed by atoms with E-state index in [2.05, 4.69) is 0 Å². The summed E-state index contributed by atoms with van der Waals surface area (Å²) < 4.78 is 0. The van der Waals surface area contributed by atoms with Gasteiger partial charge >= 0.3 is 5.97 Å². The first-order valence-electron chi connectivity index (χ1n) is 4.45. The predicted octanol–water partition coefficient (Wildman–Crippen LogP) is -0.746. The van der Waals surface area contributed by atoms with Crippen molar-refractivity contribution >= 4 is 17.8 Å². The van der Waals surface area contributed by atoms with Crippen molar-refractivity contribution in [1.82, 2.24) is 9.80 Å². The maximum absolute atomic E-state index is 11.4. The third-order valence-electron chi connectivity index (χ3n) is 1.99. The van der Waals surface area contributed by atoms with E-state index in [1.807, 2.05) is 0 Å². The molecule has 0 rings (SSSR count). The molecule has 0 aliphatic rings. The third-order valence-corrected chi connectivity index (χ3v) is 1.99. The van der Waals surface area contributed by atoms with Crippen molar-refractivity contribution in [3.63, 3.8) is 0 Å². The van der Waals surface area contributed by atoms with Crippen LogP contribution in [0.15, 0.2) is 0 Å². The molecule has 0 radical (unpaired) electrons. The van der Waals surface area contributed by atoms with E-state index in [9.17, 15) is 14.4 Å². The van der Waals surface area contributed by atoms with E-state index in [-0.39, 0.29) is 12.5 Å². The summed E-state index contributed by atoms with van der Waals surface area (Å²) in [6.45, 7) is 1.19. The molecule has 86 valence electrons. The van der Waals surface area contributed by atoms with Gasteiger partial charge < -0.3 is 14.9 Å². The molecule has 0 heterocycles. The number of aliphatic carboxylic acids is 1. The number of hydrogen-bond acceptors (Lipinski definition) is 3. The van der Waals surface area contributed by atoms with Crippen LogP contribution >= 0.6 is 0 Å². The van der Waals surface area contributed by atoms with Crippen LogP contribution in [0.25, 0.3) is 0 Å². The van der Waals surface area contributed by atoms with Crippen LogP contribution in [0.1, 0.15) is 6.92 Å². The molecule has 2 amide bonds. The Morgan fingerprint density at radius 1 is 1.20 bits per heavy atom. The lowest BCUT2D eigenvalue weighted by Gasteiger charge is -2.20. The molecule has 0 fully saturated rings. The summed E-state index contributed by atoms with van der Waals surface area (Å²) >= 11 is 0. The van der Waals surface area contributed by atoms with E-state index in [1.165, 1.54) is 18.9 Å². The number of amides is 2. The minimum absolute atomic E-state index is 0.108. The summed E-state index contributed by atoms with van der Waals surface area (Å²) in [6, 6.07) is 0. The molecule has 0 saturated heterocycles. The lowest BCUT2D eigenvalue weighted by atomic mass is 10.1. The van der Waals surface area contributed by atoms with Crippen LogP contribution in [-0.2, 0) is 14.4 Å². The van der Waals surface area contributed by atoms with Gasteiger partial charge in [-0.15, -0.1) is 0 Å². The van der Waals surface area contributed by atoms with Crippen molar-refractivity contribution in [2.45, 2.75) is 6.92 Å². The molecule has 0 aliphatic heterocycles. The van der Waals surface area contributed by atoms with Gasteiger partial charge in [-0.2, -0.15) is 0 Å². The van der Waals surface area contributed by atoms with Gasteiger partial charge in [0.1, 0.15) is 5.92 Å². The van der Waals surface area contributed by atoms with E-state index in [4.69, 9.17) is 5.11 Å². The zero-order valence-corrected chi connectivity index (χ0v) is 9.35. The van der Waals surface area contributed by atoms with Gasteiger partial charge in [0.2, 0.25) is 11.8 Å². The Balaban J connectivity index is 4.34. The molecule has 0 saturated carbocycles. The molecule has 0 bridgehead atoms. The smallest absolute Gasteiger partial charge is 0.315 e. The molecule has 0 aromatic carbocycles. The standard InChI is InChI=1S/C9H16N2O4/c1-6(9(14)15)8(13)11(4)5-7(12)10(2)3/h6H,5H2,1-4H3,(H,14,15). The second-order valence-electron chi connectivity index (χ2n) is 3.54. The van der Waals surface area contributed by atoms with Crippen molar-refractivity contribution in [2.75, 3.05) is 27.7 Å². The molecule has 0 aromatic rings. The van der Waals surface area contributed by atoms with E-state index < -0.39 is 17.8 Å². The molecular formula is C9H16N2O4. The third kappa shape index (κ3) is 3.97. The highest BCUT2D eigenvalue weighted by Gasteiger charge is 2.25. The molecule has 15 heavy (non-hydrogen) atoms. The topological polar surface area (TPSA) is 77.9 Å². The zero-order valence-electron chi connectivity index (χ0n) is 9.35. The van der Waals surface area contributed by atoms with Gasteiger partial charge in [-0.1, -0.05) is 0 Å². The first kappa shape index (κ1) is 13.4. The number of hydrogen-bond donors (Lipinski definition) is 1. The quantitative estimate of drug-likeness (QED) is 0.627. The number of carboxylic acids is 1. The molecule has 6 nitrogen and oxygen atoms in total. The summed E-state index contributed by atoms with van der Waals surface area (Å²) in [6.07, 6.45) is 0. The van der Waals surface area contributed by atoms with E-state index in [1.54, 1.807) is 14.1 Å². The first-order chi connectivity index (χ1) is 6.77. The van der Waals surface area contributed by atoms with Crippen molar-refractivity contribution in [3.05, 3.63) is 0 Å². The highest BCUT2D eigenvalue weighted by Crippen LogP contribution is 2.01. The van der Waals surface area contributed by atoms with Crippen LogP contribution in [0, 0.1) is 5.92 Å². The normalized spacial score (nSPS) is 11.7. The average molecular weight is 216 g/mol. The van der Waals surface area contributed by atoms with E-state index in [0.29, 0.717) is 0 Å². The van der Waals surface area contributed by atoms with E-state index >= 15 is 0 Å². The fourth-order valence-corrected chi connectivity index (χ4v) is 0.858. The van der Waals surface area contributed by atoms with Crippen molar-refractivity contribution < 1.29 is 19.5 Å². The highest BCUT2D eigenvalue weighted by atomic mass is 16.4. The molecule has 6 heteroatoms. The number of carboxylic acid groups (broad SMARTS) is 1. The Kier molecular flexibility index (Phi) is 4.77. The number of likely N-dealkylation sites (N-methyl/N-ethyl adjacent to an activating group) is 2. The zero-order chi connectivity index (χ0) is 12.2. The molecule has 1 N–H and O–H groups in total. The SMILES string of the molecule is CC(C(=O)O)C(=O)N(C)CC(=O)N(C)C. The highest BCUT2D eigenvalue weighted by molar-refractivity contribution is 5.97. The lowest BCUT2D eigenvalue weighted by molar-refractivity contribution is -0.151. The van der Waals surface area contributed by atoms with Crippen LogP contribution in [0.5, 0.6) is 0 Å². The number of nitrogens with zero attached hydrogens (tertiary/aromatic N) is 2. The van der Waals surface area contributed by atoms with Gasteiger partial charge in [0.25, 0.3) is 0 Å². The second-order valence-corrected chi connectivity index (χ2v) is 3.54. The summed E-state index contributed by atoms with van der Waals surface area (Å²) in [4.78, 5) is 35.6. The van der Waals surface area contributed by atoms with Gasteiger partial charge in [-0.25, -0.2) is 0 Å². The Hall–Kier alpha value is -1.59. The van der Waals surface area contributed by atoms with Gasteiger partial charge in [-0.05, 0) is 6.92 Å². The maximum Gasteiger partial charge on any atom is 0.315 e. The van der Waals surface area contributed by atoms with Gasteiger partial charge in [0.15, 0.2) is 0 Å². The van der Waals surface area contributed by atoms with Gasteiger partial charge in [0, 0.05) is 21.1 Å². The van der Waals surface area contributed by atoms with Crippen LogP contribution < -0.4 is 0 Å². The first-order valence-corrected chi connectivity index (χ1v) is 4.45. The monoisotopic (exact) mass is 216 g/mol. The summed E-state index contributed by atoms with van der Waals surface area (Å²) in [5.74, 6) is -3.13. The minimum Gasteiger partial charge on any atom is -0.481 e. The minimum atomic E-state index is -1.19. The molecule has 0 aliphatic carbocycles. The van der Waals surface area contributed by atoms with Gasteiger partial charge in [-0.3, -0.25) is 14.4 Å². The van der Waals surface area contributed by atoms with Gasteiger partial charge in [0.05, 0.1) is 6.54 Å². The van der Waals surface area contributed by atoms with Crippen molar-refractivity contribution in [3.8, 4) is 0 Å². The molecule has 1 atom stereocenters. The Morgan fingerprint density at radius 2 is 1.67 bits per heavy atom. The molecular weight excluding hydrogens is 200 g/mol. The molecule has 1 unspecified atom stereocenters. The fourth-order valence-electron chi connectivity index (χ4n) is 0.858. The Morgan fingerprint density at radius 3 is 2.00 bits per heavy atom. The molecule has 0 aromatic heterocycles. The van der Waals surface area contributed by atoms with E-state index in [0.717, 1.165) is 4.90 Å². The van der Waals surface area contributed by atoms with Crippen LogP contribution in [0.2, 0.25) is 0 Å². The maximum atomic E-state index is 11.4. The summed E-state index contributed by atoms with van der Waals surface area (Å²) in [7, 11) is 4.55. The van der Waals surface area contributed by atoms with Crippen LogP contribution in [0.3, 0.4) is 0 Å². The fraction of sp³-hybridized carbons (Fsp3) is 0.667. The second kappa shape index (κ2) is 5.33. The van der Waals surface area contributed by atoms with Crippen LogP contribution in [-0.4, -0.2) is 60.4 Å².